The van der Waals surface area contributed by atoms with Gasteiger partial charge in [0.1, 0.15) is 5.82 Å². The fourth-order valence-electron chi connectivity index (χ4n) is 1.61. The minimum Gasteiger partial charge on any atom is -0.389 e. The highest BCUT2D eigenvalue weighted by molar-refractivity contribution is 7.99. The van der Waals surface area contributed by atoms with Gasteiger partial charge in [-0.05, 0) is 48.9 Å². The molecule has 0 amide bonds. The van der Waals surface area contributed by atoms with Crippen molar-refractivity contribution >= 4 is 35.0 Å². The monoisotopic (exact) mass is 316 g/mol. The predicted molar refractivity (Wildman–Crippen MR) is 77.6 cm³/mol. The highest BCUT2D eigenvalue weighted by Gasteiger charge is 2.11. The molecule has 0 aliphatic rings. The minimum absolute atomic E-state index is 0.366. The molecule has 2 aromatic rings. The summed E-state index contributed by atoms with van der Waals surface area (Å²) in [5, 5.41) is 10.6. The Morgan fingerprint density at radius 1 is 1.11 bits per heavy atom. The maximum absolute atomic E-state index is 13.2. The number of benzene rings is 2. The summed E-state index contributed by atoms with van der Waals surface area (Å²) in [5.41, 5.74) is 0.552. The van der Waals surface area contributed by atoms with Crippen LogP contribution < -0.4 is 0 Å². The first kappa shape index (κ1) is 14.7. The number of aliphatic hydroxyl groups is 1. The van der Waals surface area contributed by atoms with Gasteiger partial charge >= 0.3 is 0 Å². The maximum Gasteiger partial charge on any atom is 0.123 e. The summed E-state index contributed by atoms with van der Waals surface area (Å²) < 4.78 is 13.2. The average molecular weight is 317 g/mol. The van der Waals surface area contributed by atoms with Gasteiger partial charge in [-0.3, -0.25) is 0 Å². The largest absolute Gasteiger partial charge is 0.389 e. The Balaban J connectivity index is 2.35. The van der Waals surface area contributed by atoms with Crippen molar-refractivity contribution in [2.45, 2.75) is 22.8 Å². The molecule has 0 aliphatic carbocycles. The second-order valence-corrected chi connectivity index (χ2v) is 5.97. The first-order valence-electron chi connectivity index (χ1n) is 5.58. The van der Waals surface area contributed by atoms with Gasteiger partial charge < -0.3 is 5.11 Å². The van der Waals surface area contributed by atoms with E-state index >= 15 is 0 Å². The Morgan fingerprint density at radius 3 is 2.47 bits per heavy atom. The van der Waals surface area contributed by atoms with Crippen LogP contribution in [0.5, 0.6) is 0 Å². The molecule has 0 saturated carbocycles. The molecule has 0 fully saturated rings. The molecule has 0 heterocycles. The SMILES string of the molecule is C[C@H](O)c1cc(F)ccc1Sc1ccc(Cl)c(Cl)c1. The minimum atomic E-state index is -0.735. The van der Waals surface area contributed by atoms with Gasteiger partial charge in [0.2, 0.25) is 0 Å². The zero-order valence-corrected chi connectivity index (χ0v) is 12.4. The molecule has 100 valence electrons. The van der Waals surface area contributed by atoms with Gasteiger partial charge in [-0.2, -0.15) is 0 Å². The predicted octanol–water partition coefficient (Wildman–Crippen LogP) is 5.34. The van der Waals surface area contributed by atoms with E-state index in [1.807, 2.05) is 6.07 Å². The lowest BCUT2D eigenvalue weighted by Gasteiger charge is -2.12. The third-order valence-corrected chi connectivity index (χ3v) is 4.36. The van der Waals surface area contributed by atoms with E-state index in [4.69, 9.17) is 23.2 Å². The van der Waals surface area contributed by atoms with Gasteiger partial charge in [0.05, 0.1) is 16.1 Å². The Hall–Kier alpha value is -0.740. The molecule has 2 rings (SSSR count). The molecule has 1 atom stereocenters. The van der Waals surface area contributed by atoms with Crippen molar-refractivity contribution in [3.63, 3.8) is 0 Å². The molecule has 1 N–H and O–H groups in total. The van der Waals surface area contributed by atoms with Crippen molar-refractivity contribution in [3.8, 4) is 0 Å². The fourth-order valence-corrected chi connectivity index (χ4v) is 3.02. The van der Waals surface area contributed by atoms with Crippen molar-refractivity contribution in [1.82, 2.24) is 0 Å². The number of hydrogen-bond acceptors (Lipinski definition) is 2. The van der Waals surface area contributed by atoms with Gasteiger partial charge in [0.25, 0.3) is 0 Å². The van der Waals surface area contributed by atoms with Gasteiger partial charge in [-0.25, -0.2) is 4.39 Å². The van der Waals surface area contributed by atoms with Crippen LogP contribution >= 0.6 is 35.0 Å². The van der Waals surface area contributed by atoms with E-state index in [1.165, 1.54) is 23.9 Å². The van der Waals surface area contributed by atoms with Gasteiger partial charge in [0, 0.05) is 9.79 Å². The standard InChI is InChI=1S/C14H11Cl2FOS/c1-8(18)11-6-9(17)2-5-14(11)19-10-3-4-12(15)13(16)7-10/h2-8,18H,1H3/t8-/m0/s1. The van der Waals surface area contributed by atoms with Crippen LogP contribution in [0.15, 0.2) is 46.2 Å². The Labute approximate surface area is 125 Å². The third kappa shape index (κ3) is 3.63. The van der Waals surface area contributed by atoms with Crippen LogP contribution in [0, 0.1) is 5.82 Å². The smallest absolute Gasteiger partial charge is 0.123 e. The first-order valence-corrected chi connectivity index (χ1v) is 7.15. The van der Waals surface area contributed by atoms with Crippen LogP contribution in [0.1, 0.15) is 18.6 Å². The van der Waals surface area contributed by atoms with E-state index in [9.17, 15) is 9.50 Å². The second-order valence-electron chi connectivity index (χ2n) is 4.04. The number of hydrogen-bond donors (Lipinski definition) is 1. The Kier molecular flexibility index (Phi) is 4.74. The summed E-state index contributed by atoms with van der Waals surface area (Å²) in [7, 11) is 0. The van der Waals surface area contributed by atoms with E-state index in [0.29, 0.717) is 15.6 Å². The van der Waals surface area contributed by atoms with Gasteiger partial charge in [-0.1, -0.05) is 35.0 Å². The molecule has 0 bridgehead atoms. The summed E-state index contributed by atoms with van der Waals surface area (Å²) in [5.74, 6) is -0.366. The zero-order valence-electron chi connectivity index (χ0n) is 10.0. The van der Waals surface area contributed by atoms with Crippen LogP contribution in [0.2, 0.25) is 10.0 Å². The zero-order chi connectivity index (χ0) is 14.0. The van der Waals surface area contributed by atoms with Crippen molar-refractivity contribution in [3.05, 3.63) is 57.8 Å². The van der Waals surface area contributed by atoms with Crippen LogP contribution in [-0.2, 0) is 0 Å². The highest BCUT2D eigenvalue weighted by Crippen LogP contribution is 2.36. The lowest BCUT2D eigenvalue weighted by Crippen LogP contribution is -1.95. The molecule has 0 unspecified atom stereocenters. The molecule has 0 saturated heterocycles. The summed E-state index contributed by atoms with van der Waals surface area (Å²) in [6, 6.07) is 9.62. The number of halogens is 3. The summed E-state index contributed by atoms with van der Waals surface area (Å²) in [6.45, 7) is 1.60. The number of rotatable bonds is 3. The third-order valence-electron chi connectivity index (χ3n) is 2.54. The van der Waals surface area contributed by atoms with Crippen molar-refractivity contribution in [2.75, 3.05) is 0 Å². The van der Waals surface area contributed by atoms with Crippen molar-refractivity contribution < 1.29 is 9.50 Å². The van der Waals surface area contributed by atoms with E-state index in [-0.39, 0.29) is 5.82 Å². The fraction of sp³-hybridized carbons (Fsp3) is 0.143. The molecule has 5 heteroatoms. The lowest BCUT2D eigenvalue weighted by atomic mass is 10.1. The van der Waals surface area contributed by atoms with Gasteiger partial charge in [-0.15, -0.1) is 0 Å². The molecule has 1 nitrogen and oxygen atoms in total. The molecular weight excluding hydrogens is 306 g/mol. The van der Waals surface area contributed by atoms with Crippen LogP contribution in [0.25, 0.3) is 0 Å². The van der Waals surface area contributed by atoms with Crippen molar-refractivity contribution in [1.29, 1.82) is 0 Å². The average Bonchev–Trinajstić information content (AvgIpc) is 2.36. The van der Waals surface area contributed by atoms with Crippen molar-refractivity contribution in [2.24, 2.45) is 0 Å². The molecule has 0 aromatic heterocycles. The van der Waals surface area contributed by atoms with Gasteiger partial charge in [0.15, 0.2) is 0 Å². The number of aliphatic hydroxyl groups excluding tert-OH is 1. The summed E-state index contributed by atoms with van der Waals surface area (Å²) in [6.07, 6.45) is -0.735. The molecule has 0 aliphatic heterocycles. The second kappa shape index (κ2) is 6.14. The lowest BCUT2D eigenvalue weighted by molar-refractivity contribution is 0.196. The normalized spacial score (nSPS) is 12.5. The summed E-state index contributed by atoms with van der Waals surface area (Å²) >= 11 is 13.2. The summed E-state index contributed by atoms with van der Waals surface area (Å²) in [4.78, 5) is 1.66. The molecule has 0 spiro atoms. The molecular formula is C14H11Cl2FOS. The van der Waals surface area contributed by atoms with E-state index in [0.717, 1.165) is 9.79 Å². The molecule has 19 heavy (non-hydrogen) atoms. The van der Waals surface area contributed by atoms with Crippen LogP contribution in [0.4, 0.5) is 4.39 Å². The van der Waals surface area contributed by atoms with Crippen LogP contribution in [0.3, 0.4) is 0 Å². The maximum atomic E-state index is 13.2. The Bertz CT molecular complexity index is 602. The first-order chi connectivity index (χ1) is 8.97. The molecule has 0 radical (unpaired) electrons. The van der Waals surface area contributed by atoms with E-state index in [1.54, 1.807) is 25.1 Å². The van der Waals surface area contributed by atoms with E-state index in [2.05, 4.69) is 0 Å². The quantitative estimate of drug-likeness (QED) is 0.825. The Morgan fingerprint density at radius 2 is 1.84 bits per heavy atom. The highest BCUT2D eigenvalue weighted by atomic mass is 35.5. The topological polar surface area (TPSA) is 20.2 Å². The van der Waals surface area contributed by atoms with E-state index < -0.39 is 6.10 Å². The molecule has 2 aromatic carbocycles. The van der Waals surface area contributed by atoms with Crippen LogP contribution in [-0.4, -0.2) is 5.11 Å².